The molecule has 2 aromatic carbocycles. The summed E-state index contributed by atoms with van der Waals surface area (Å²) in [5.41, 5.74) is 5.94. The van der Waals surface area contributed by atoms with Crippen LogP contribution in [-0.4, -0.2) is 16.7 Å². The maximum atomic E-state index is 13.6. The fourth-order valence-electron chi connectivity index (χ4n) is 5.82. The fraction of sp³-hybridized carbons (Fsp3) is 0.286. The lowest BCUT2D eigenvalue weighted by Crippen LogP contribution is -2.28. The van der Waals surface area contributed by atoms with Gasteiger partial charge in [0.2, 0.25) is 0 Å². The van der Waals surface area contributed by atoms with Gasteiger partial charge in [-0.2, -0.15) is 5.26 Å². The molecule has 5 aromatic rings. The van der Waals surface area contributed by atoms with Gasteiger partial charge in [0.05, 0.1) is 30.0 Å². The van der Waals surface area contributed by atoms with E-state index in [0.29, 0.717) is 30.1 Å². The monoisotopic (exact) mass is 574 g/mol. The Labute approximate surface area is 250 Å². The zero-order chi connectivity index (χ0) is 29.3. The van der Waals surface area contributed by atoms with Crippen molar-refractivity contribution in [1.29, 1.82) is 5.26 Å². The molecule has 0 radical (unpaired) electrons. The van der Waals surface area contributed by atoms with Crippen LogP contribution in [0.25, 0.3) is 10.9 Å². The largest absolute Gasteiger partial charge is 0.467 e. The Kier molecular flexibility index (Phi) is 7.57. The molecule has 6 rings (SSSR count). The molecule has 0 saturated carbocycles. The molecule has 1 amide bonds. The predicted octanol–water partition coefficient (Wildman–Crippen LogP) is 8.05. The maximum absolute atomic E-state index is 13.6. The molecule has 0 bridgehead atoms. The Morgan fingerprint density at radius 1 is 1.17 bits per heavy atom. The lowest BCUT2D eigenvalue weighted by molar-refractivity contribution is 0.0947. The minimum absolute atomic E-state index is 0.103. The second kappa shape index (κ2) is 11.5. The zero-order valence-electron chi connectivity index (χ0n) is 24.2. The number of fused-ring (bicyclic) bond motifs is 2. The molecule has 1 atom stereocenters. The zero-order valence-corrected chi connectivity index (χ0v) is 25.0. The van der Waals surface area contributed by atoms with Crippen molar-refractivity contribution >= 4 is 39.4 Å². The first-order valence-corrected chi connectivity index (χ1v) is 15.2. The summed E-state index contributed by atoms with van der Waals surface area (Å²) in [5.74, 6) is 1.19. The molecule has 3 aromatic heterocycles. The molecule has 6 nitrogen and oxygen atoms in total. The van der Waals surface area contributed by atoms with Gasteiger partial charge >= 0.3 is 0 Å². The Bertz CT molecular complexity index is 1790. The lowest BCUT2D eigenvalue weighted by atomic mass is 9.72. The lowest BCUT2D eigenvalue weighted by Gasteiger charge is -2.33. The topological polar surface area (TPSA) is 83.3 Å². The molecule has 3 heterocycles. The summed E-state index contributed by atoms with van der Waals surface area (Å²) in [4.78, 5) is 19.9. The maximum Gasteiger partial charge on any atom is 0.255 e. The summed E-state index contributed by atoms with van der Waals surface area (Å²) >= 11 is 1.66. The van der Waals surface area contributed by atoms with E-state index >= 15 is 0 Å². The summed E-state index contributed by atoms with van der Waals surface area (Å²) in [6.45, 7) is 7.94. The van der Waals surface area contributed by atoms with Crippen LogP contribution in [0.3, 0.4) is 0 Å². The van der Waals surface area contributed by atoms with Crippen molar-refractivity contribution in [2.45, 2.75) is 53.1 Å². The Hall–Kier alpha value is -4.41. The van der Waals surface area contributed by atoms with Gasteiger partial charge in [-0.15, -0.1) is 11.3 Å². The summed E-state index contributed by atoms with van der Waals surface area (Å²) in [6, 6.07) is 21.9. The average Bonchev–Trinajstić information content (AvgIpc) is 3.72. The highest BCUT2D eigenvalue weighted by Gasteiger charge is 2.33. The van der Waals surface area contributed by atoms with Crippen LogP contribution < -0.4 is 5.32 Å². The standard InChI is InChI=1S/C35H34N4O2S/c1-35(2,3)26-14-15-29-31(17-26)42-34(32(29)33(40)37-20-27-7-6-16-41-27)38-19-25-22-39(30-9-5-4-8-28(25)30)21-24-12-10-23(18-36)11-13-24/h4-13,16,19,22,26H,14-15,17,20-21H2,1-3H3,(H,37,40)/t26-/m0/s1. The van der Waals surface area contributed by atoms with Gasteiger partial charge in [0.1, 0.15) is 10.8 Å². The number of hydrogen-bond donors (Lipinski definition) is 1. The molecule has 1 N–H and O–H groups in total. The van der Waals surface area contributed by atoms with Gasteiger partial charge in [-0.3, -0.25) is 4.79 Å². The molecule has 7 heteroatoms. The van der Waals surface area contributed by atoms with Crippen molar-refractivity contribution < 1.29 is 9.21 Å². The summed E-state index contributed by atoms with van der Waals surface area (Å²) < 4.78 is 7.65. The molecule has 42 heavy (non-hydrogen) atoms. The van der Waals surface area contributed by atoms with Crippen molar-refractivity contribution in [3.8, 4) is 6.07 Å². The number of thiophene rings is 1. The summed E-state index contributed by atoms with van der Waals surface area (Å²) in [7, 11) is 0. The predicted molar refractivity (Wildman–Crippen MR) is 169 cm³/mol. The van der Waals surface area contributed by atoms with Gasteiger partial charge in [-0.25, -0.2) is 4.99 Å². The number of benzene rings is 2. The first-order chi connectivity index (χ1) is 20.3. The van der Waals surface area contributed by atoms with Crippen LogP contribution in [-0.2, 0) is 25.9 Å². The molecule has 0 spiro atoms. The third-order valence-electron chi connectivity index (χ3n) is 8.28. The Morgan fingerprint density at radius 2 is 1.98 bits per heavy atom. The highest BCUT2D eigenvalue weighted by molar-refractivity contribution is 7.16. The van der Waals surface area contributed by atoms with Gasteiger partial charge in [0.25, 0.3) is 5.91 Å². The number of aromatic nitrogens is 1. The highest BCUT2D eigenvalue weighted by Crippen LogP contribution is 2.45. The second-order valence-corrected chi connectivity index (χ2v) is 13.1. The van der Waals surface area contributed by atoms with Crippen molar-refractivity contribution in [2.75, 3.05) is 0 Å². The van der Waals surface area contributed by atoms with E-state index in [9.17, 15) is 4.79 Å². The van der Waals surface area contributed by atoms with Gasteiger partial charge in [0.15, 0.2) is 0 Å². The number of hydrogen-bond acceptors (Lipinski definition) is 5. The number of carbonyl (C=O) groups is 1. The normalized spacial score (nSPS) is 15.1. The van der Waals surface area contributed by atoms with Gasteiger partial charge in [-0.1, -0.05) is 51.1 Å². The number of nitrogens with zero attached hydrogens (tertiary/aromatic N) is 3. The molecule has 212 valence electrons. The summed E-state index contributed by atoms with van der Waals surface area (Å²) in [5, 5.41) is 14.1. The molecule has 0 fully saturated rings. The van der Waals surface area contributed by atoms with E-state index in [1.807, 2.05) is 54.7 Å². The molecular weight excluding hydrogens is 540 g/mol. The first-order valence-electron chi connectivity index (χ1n) is 14.4. The van der Waals surface area contributed by atoms with E-state index in [1.165, 1.54) is 4.88 Å². The van der Waals surface area contributed by atoms with E-state index in [-0.39, 0.29) is 11.3 Å². The Balaban J connectivity index is 1.34. The molecule has 1 aliphatic carbocycles. The average molecular weight is 575 g/mol. The smallest absolute Gasteiger partial charge is 0.255 e. The number of furan rings is 1. The van der Waals surface area contributed by atoms with E-state index in [1.54, 1.807) is 17.6 Å². The van der Waals surface area contributed by atoms with E-state index in [4.69, 9.17) is 14.7 Å². The minimum atomic E-state index is -0.103. The third kappa shape index (κ3) is 5.68. The van der Waals surface area contributed by atoms with Crippen LogP contribution in [0.5, 0.6) is 0 Å². The van der Waals surface area contributed by atoms with Crippen molar-refractivity contribution in [3.63, 3.8) is 0 Å². The quantitative estimate of drug-likeness (QED) is 0.200. The van der Waals surface area contributed by atoms with Crippen LogP contribution in [0.1, 0.15) is 70.4 Å². The number of nitrogens with one attached hydrogen (secondary N) is 1. The van der Waals surface area contributed by atoms with Crippen molar-refractivity contribution in [2.24, 2.45) is 16.3 Å². The summed E-state index contributed by atoms with van der Waals surface area (Å²) in [6.07, 6.45) is 8.56. The molecule has 0 aliphatic heterocycles. The number of rotatable bonds is 7. The number of amides is 1. The van der Waals surface area contributed by atoms with Crippen LogP contribution in [0, 0.1) is 22.7 Å². The van der Waals surface area contributed by atoms with Gasteiger partial charge < -0.3 is 14.3 Å². The van der Waals surface area contributed by atoms with Crippen molar-refractivity contribution in [1.82, 2.24) is 9.88 Å². The van der Waals surface area contributed by atoms with E-state index in [0.717, 1.165) is 57.6 Å². The van der Waals surface area contributed by atoms with Crippen LogP contribution in [0.4, 0.5) is 5.00 Å². The molecular formula is C35H34N4O2S. The SMILES string of the molecule is CC(C)(C)[C@H]1CCc2c(sc(N=Cc3cn(Cc4ccc(C#N)cc4)c4ccccc34)c2C(=O)NCc2ccco2)C1. The van der Waals surface area contributed by atoms with Gasteiger partial charge in [0, 0.05) is 40.3 Å². The van der Waals surface area contributed by atoms with E-state index in [2.05, 4.69) is 55.1 Å². The second-order valence-electron chi connectivity index (χ2n) is 12.0. The molecule has 1 aliphatic rings. The molecule has 0 unspecified atom stereocenters. The minimum Gasteiger partial charge on any atom is -0.467 e. The van der Waals surface area contributed by atoms with Crippen LogP contribution in [0.2, 0.25) is 0 Å². The molecule has 0 saturated heterocycles. The van der Waals surface area contributed by atoms with Crippen molar-refractivity contribution in [3.05, 3.63) is 112 Å². The third-order valence-corrected chi connectivity index (χ3v) is 9.44. The fourth-order valence-corrected chi connectivity index (χ4v) is 7.09. The van der Waals surface area contributed by atoms with Crippen LogP contribution >= 0.6 is 11.3 Å². The van der Waals surface area contributed by atoms with Gasteiger partial charge in [-0.05, 0) is 72.1 Å². The Morgan fingerprint density at radius 3 is 2.71 bits per heavy atom. The highest BCUT2D eigenvalue weighted by atomic mass is 32.1. The number of para-hydroxylation sites is 1. The number of nitriles is 1. The van der Waals surface area contributed by atoms with Crippen LogP contribution in [0.15, 0.2) is 82.5 Å². The number of aliphatic imine (C=N–C) groups is 1. The first kappa shape index (κ1) is 27.7. The number of carbonyl (C=O) groups excluding carboxylic acids is 1. The van der Waals surface area contributed by atoms with E-state index < -0.39 is 0 Å².